The summed E-state index contributed by atoms with van der Waals surface area (Å²) in [6.07, 6.45) is 0. The van der Waals surface area contributed by atoms with Crippen LogP contribution in [0.5, 0.6) is 0 Å². The van der Waals surface area contributed by atoms with Crippen molar-refractivity contribution in [3.05, 3.63) is 174 Å². The van der Waals surface area contributed by atoms with Crippen LogP contribution in [-0.2, 0) is 0 Å². The molecule has 0 aliphatic rings. The zero-order valence-electron chi connectivity index (χ0n) is 22.4. The van der Waals surface area contributed by atoms with E-state index in [0.717, 1.165) is 50.5 Å². The Morgan fingerprint density at radius 2 is 0.950 bits per heavy atom. The zero-order valence-corrected chi connectivity index (χ0v) is 22.4. The summed E-state index contributed by atoms with van der Waals surface area (Å²) in [4.78, 5) is 0. The summed E-state index contributed by atoms with van der Waals surface area (Å²) >= 11 is 0. The number of amidine groups is 1. The molecule has 0 amide bonds. The average molecular weight is 516 g/mol. The van der Waals surface area contributed by atoms with Gasteiger partial charge in [0, 0.05) is 29.1 Å². The lowest BCUT2D eigenvalue weighted by atomic mass is 10.00. The van der Waals surface area contributed by atoms with Crippen molar-refractivity contribution in [1.29, 1.82) is 0 Å². The fraction of sp³-hybridized carbons (Fsp3) is 0.0270. The topological polar surface area (TPSA) is 30.3 Å². The molecule has 40 heavy (non-hydrogen) atoms. The largest absolute Gasteiger partial charge is 0.431 e. The van der Waals surface area contributed by atoms with Gasteiger partial charge in [-0.1, -0.05) is 121 Å². The first kappa shape index (κ1) is 25.0. The highest BCUT2D eigenvalue weighted by atomic mass is 15.4. The molecule has 3 nitrogen and oxygen atoms in total. The lowest BCUT2D eigenvalue weighted by molar-refractivity contribution is -0.656. The second kappa shape index (κ2) is 11.6. The van der Waals surface area contributed by atoms with Crippen LogP contribution in [0.25, 0.3) is 39.0 Å². The predicted octanol–water partition coefficient (Wildman–Crippen LogP) is 9.20. The van der Waals surface area contributed by atoms with Crippen molar-refractivity contribution < 1.29 is 4.68 Å². The fourth-order valence-electron chi connectivity index (χ4n) is 4.75. The summed E-state index contributed by atoms with van der Waals surface area (Å²) in [6.45, 7) is 2.08. The molecule has 0 unspecified atom stereocenters. The quantitative estimate of drug-likeness (QED) is 0.120. The van der Waals surface area contributed by atoms with E-state index < -0.39 is 0 Å². The Balaban J connectivity index is 1.65. The van der Waals surface area contributed by atoms with Crippen LogP contribution < -0.4 is 4.68 Å². The van der Waals surface area contributed by atoms with Crippen molar-refractivity contribution in [3.63, 3.8) is 0 Å². The Morgan fingerprint density at radius 3 is 1.48 bits per heavy atom. The molecule has 0 saturated heterocycles. The van der Waals surface area contributed by atoms with E-state index in [4.69, 9.17) is 10.4 Å². The molecule has 0 saturated carbocycles. The second-order valence-electron chi connectivity index (χ2n) is 9.61. The van der Waals surface area contributed by atoms with E-state index in [9.17, 15) is 0 Å². The van der Waals surface area contributed by atoms with Gasteiger partial charge in [0.1, 0.15) is 0 Å². The molecule has 0 aliphatic heterocycles. The van der Waals surface area contributed by atoms with Gasteiger partial charge in [-0.05, 0) is 59.1 Å². The van der Waals surface area contributed by atoms with Crippen LogP contribution in [-0.4, -0.2) is 5.84 Å². The molecule has 0 spiro atoms. The number of benzene rings is 5. The molecule has 0 radical (unpaired) electrons. The minimum Gasteiger partial charge on any atom is -0.431 e. The second-order valence-corrected chi connectivity index (χ2v) is 9.61. The smallest absolute Gasteiger partial charge is 0.226 e. The molecule has 6 aromatic rings. The van der Waals surface area contributed by atoms with E-state index in [1.165, 1.54) is 0 Å². The van der Waals surface area contributed by atoms with Crippen LogP contribution >= 0.6 is 0 Å². The Morgan fingerprint density at radius 1 is 0.500 bits per heavy atom. The predicted molar refractivity (Wildman–Crippen MR) is 166 cm³/mol. The van der Waals surface area contributed by atoms with E-state index >= 15 is 0 Å². The van der Waals surface area contributed by atoms with Crippen molar-refractivity contribution in [3.8, 4) is 33.6 Å². The summed E-state index contributed by atoms with van der Waals surface area (Å²) < 4.78 is 2.04. The molecule has 3 heteroatoms. The van der Waals surface area contributed by atoms with Gasteiger partial charge in [0.15, 0.2) is 0 Å². The van der Waals surface area contributed by atoms with Gasteiger partial charge in [0.2, 0.25) is 11.4 Å². The number of rotatable bonds is 6. The number of aromatic nitrogens is 1. The number of hydrogen-bond donors (Lipinski definition) is 0. The molecule has 0 aliphatic carbocycles. The SMILES string of the molecule is Cc1ccccc1[N-]C(=N[n+]1c(-c2ccccc2)cc(-c2ccccc2)cc1-c1ccccc1)c1ccccc1. The number of para-hydroxylation sites is 1. The molecular formula is C37H29N3. The maximum absolute atomic E-state index is 5.32. The molecular weight excluding hydrogens is 486 g/mol. The molecule has 0 fully saturated rings. The van der Waals surface area contributed by atoms with Gasteiger partial charge in [0.05, 0.1) is 0 Å². The monoisotopic (exact) mass is 515 g/mol. The number of pyridine rings is 1. The molecule has 1 aromatic heterocycles. The standard InChI is InChI=1S/C37H29N3/c1-28-16-14-15-25-34(28)38-37(32-23-12-5-13-24-32)39-40-35(30-19-8-3-9-20-30)26-33(29-17-6-2-7-18-29)27-36(40)31-21-10-4-11-22-31/h2-27H,1H3. The summed E-state index contributed by atoms with van der Waals surface area (Å²) in [5.74, 6) is 0.640. The van der Waals surface area contributed by atoms with Gasteiger partial charge in [-0.15, -0.1) is 4.68 Å². The first-order valence-electron chi connectivity index (χ1n) is 13.4. The van der Waals surface area contributed by atoms with Crippen LogP contribution in [0.1, 0.15) is 11.1 Å². The third kappa shape index (κ3) is 5.45. The van der Waals surface area contributed by atoms with E-state index in [0.29, 0.717) is 5.84 Å². The van der Waals surface area contributed by atoms with Gasteiger partial charge in [-0.3, -0.25) is 0 Å². The fourth-order valence-corrected chi connectivity index (χ4v) is 4.75. The normalized spacial score (nSPS) is 11.3. The van der Waals surface area contributed by atoms with Crippen LogP contribution in [0.4, 0.5) is 5.69 Å². The summed E-state index contributed by atoms with van der Waals surface area (Å²) in [6, 6.07) is 54.2. The first-order valence-corrected chi connectivity index (χ1v) is 13.4. The number of hydrogen-bond acceptors (Lipinski definition) is 1. The molecule has 192 valence electrons. The number of nitrogens with zero attached hydrogens (tertiary/aromatic N) is 3. The Labute approximate surface area is 235 Å². The maximum atomic E-state index is 5.32. The molecule has 5 aromatic carbocycles. The Bertz CT molecular complexity index is 1680. The molecule has 0 bridgehead atoms. The van der Waals surface area contributed by atoms with E-state index in [-0.39, 0.29) is 0 Å². The third-order valence-corrected chi connectivity index (χ3v) is 6.86. The lowest BCUT2D eigenvalue weighted by Gasteiger charge is -2.21. The van der Waals surface area contributed by atoms with Crippen LogP contribution in [0.15, 0.2) is 163 Å². The van der Waals surface area contributed by atoms with Crippen LogP contribution in [0, 0.1) is 6.92 Å². The van der Waals surface area contributed by atoms with Gasteiger partial charge in [-0.2, -0.15) is 5.10 Å². The van der Waals surface area contributed by atoms with Gasteiger partial charge < -0.3 is 5.32 Å². The van der Waals surface area contributed by atoms with Gasteiger partial charge >= 0.3 is 0 Å². The van der Waals surface area contributed by atoms with Crippen molar-refractivity contribution >= 4 is 11.5 Å². The third-order valence-electron chi connectivity index (χ3n) is 6.86. The maximum Gasteiger partial charge on any atom is 0.226 e. The molecule has 1 heterocycles. The Kier molecular flexibility index (Phi) is 7.27. The van der Waals surface area contributed by atoms with Gasteiger partial charge in [-0.25, -0.2) is 0 Å². The minimum atomic E-state index is 0.640. The molecule has 0 N–H and O–H groups in total. The van der Waals surface area contributed by atoms with Crippen LogP contribution in [0.3, 0.4) is 0 Å². The lowest BCUT2D eigenvalue weighted by Crippen LogP contribution is -2.35. The van der Waals surface area contributed by atoms with Gasteiger partial charge in [0.25, 0.3) is 0 Å². The molecule has 6 rings (SSSR count). The van der Waals surface area contributed by atoms with Crippen molar-refractivity contribution in [1.82, 2.24) is 0 Å². The van der Waals surface area contributed by atoms with Crippen molar-refractivity contribution in [2.45, 2.75) is 6.92 Å². The van der Waals surface area contributed by atoms with Crippen molar-refractivity contribution in [2.24, 2.45) is 5.10 Å². The first-order chi connectivity index (χ1) is 19.8. The van der Waals surface area contributed by atoms with E-state index in [1.807, 2.05) is 59.3 Å². The summed E-state index contributed by atoms with van der Waals surface area (Å²) in [5, 5.41) is 10.4. The highest BCUT2D eigenvalue weighted by molar-refractivity contribution is 6.12. The summed E-state index contributed by atoms with van der Waals surface area (Å²) in [7, 11) is 0. The molecule has 0 atom stereocenters. The van der Waals surface area contributed by atoms with E-state index in [2.05, 4.69) is 110 Å². The highest BCUT2D eigenvalue weighted by Gasteiger charge is 2.21. The zero-order chi connectivity index (χ0) is 27.1. The van der Waals surface area contributed by atoms with Crippen LogP contribution in [0.2, 0.25) is 0 Å². The number of aryl methyl sites for hydroxylation is 1. The highest BCUT2D eigenvalue weighted by Crippen LogP contribution is 2.30. The summed E-state index contributed by atoms with van der Waals surface area (Å²) in [5.41, 5.74) is 9.33. The Hall–Kier alpha value is -5.28. The van der Waals surface area contributed by atoms with Crippen molar-refractivity contribution in [2.75, 3.05) is 0 Å². The average Bonchev–Trinajstić information content (AvgIpc) is 3.03. The minimum absolute atomic E-state index is 0.640. The van der Waals surface area contributed by atoms with E-state index in [1.54, 1.807) is 0 Å².